The van der Waals surface area contributed by atoms with Gasteiger partial charge < -0.3 is 10.4 Å². The quantitative estimate of drug-likeness (QED) is 0.891. The van der Waals surface area contributed by atoms with Crippen LogP contribution in [0.15, 0.2) is 18.2 Å². The summed E-state index contributed by atoms with van der Waals surface area (Å²) in [7, 11) is 0. The molecule has 0 radical (unpaired) electrons. The summed E-state index contributed by atoms with van der Waals surface area (Å²) in [5, 5.41) is 13.3. The second-order valence-electron chi connectivity index (χ2n) is 6.07. The standard InChI is InChI=1S/C15H22FNOS/c1-11-6-12(16)8-13(7-11)17-15(9-18)10-19-5-4-14(15,2)3/h6-8,17-18H,4-5,9-10H2,1-3H3. The van der Waals surface area contributed by atoms with Crippen LogP contribution >= 0.6 is 11.8 Å². The van der Waals surface area contributed by atoms with Gasteiger partial charge in [-0.2, -0.15) is 11.8 Å². The zero-order chi connectivity index (χ0) is 14.1. The minimum absolute atomic E-state index is 0.0206. The Morgan fingerprint density at radius 2 is 2.11 bits per heavy atom. The van der Waals surface area contributed by atoms with Crippen LogP contribution in [0.3, 0.4) is 0 Å². The summed E-state index contributed by atoms with van der Waals surface area (Å²) in [4.78, 5) is 0. The molecule has 0 bridgehead atoms. The molecule has 4 heteroatoms. The molecular weight excluding hydrogens is 261 g/mol. The van der Waals surface area contributed by atoms with E-state index in [1.165, 1.54) is 12.1 Å². The first-order chi connectivity index (χ1) is 8.88. The van der Waals surface area contributed by atoms with Crippen LogP contribution in [0.2, 0.25) is 0 Å². The molecule has 2 N–H and O–H groups in total. The van der Waals surface area contributed by atoms with E-state index in [-0.39, 0.29) is 17.8 Å². The Kier molecular flexibility index (Phi) is 4.11. The van der Waals surface area contributed by atoms with Gasteiger partial charge in [0.25, 0.3) is 0 Å². The summed E-state index contributed by atoms with van der Waals surface area (Å²) in [6.07, 6.45) is 1.04. The summed E-state index contributed by atoms with van der Waals surface area (Å²) in [6.45, 7) is 6.27. The first-order valence-electron chi connectivity index (χ1n) is 6.63. The lowest BCUT2D eigenvalue weighted by Crippen LogP contribution is -2.58. The maximum Gasteiger partial charge on any atom is 0.125 e. The molecule has 1 aliphatic rings. The van der Waals surface area contributed by atoms with Crippen molar-refractivity contribution in [2.75, 3.05) is 23.4 Å². The highest BCUT2D eigenvalue weighted by Crippen LogP contribution is 2.44. The molecular formula is C15H22FNOS. The molecule has 1 atom stereocenters. The first-order valence-corrected chi connectivity index (χ1v) is 7.78. The maximum absolute atomic E-state index is 13.5. The van der Waals surface area contributed by atoms with Gasteiger partial charge >= 0.3 is 0 Å². The molecule has 1 aliphatic heterocycles. The van der Waals surface area contributed by atoms with Gasteiger partial charge in [0.15, 0.2) is 0 Å². The second-order valence-corrected chi connectivity index (χ2v) is 7.17. The van der Waals surface area contributed by atoms with Gasteiger partial charge in [0.2, 0.25) is 0 Å². The minimum Gasteiger partial charge on any atom is -0.394 e. The Labute approximate surface area is 118 Å². The van der Waals surface area contributed by atoms with Gasteiger partial charge in [0.1, 0.15) is 5.82 Å². The van der Waals surface area contributed by atoms with E-state index in [1.807, 2.05) is 24.8 Å². The number of thioether (sulfide) groups is 1. The predicted octanol–water partition coefficient (Wildman–Crippen LogP) is 3.44. The van der Waals surface area contributed by atoms with Crippen molar-refractivity contribution in [3.8, 4) is 0 Å². The van der Waals surface area contributed by atoms with Crippen LogP contribution in [0.25, 0.3) is 0 Å². The SMILES string of the molecule is Cc1cc(F)cc(NC2(CO)CSCCC2(C)C)c1. The number of benzene rings is 1. The Morgan fingerprint density at radius 1 is 1.37 bits per heavy atom. The van der Waals surface area contributed by atoms with Crippen LogP contribution in [-0.4, -0.2) is 28.8 Å². The summed E-state index contributed by atoms with van der Waals surface area (Å²) in [6, 6.07) is 4.94. The second kappa shape index (κ2) is 5.33. The van der Waals surface area contributed by atoms with Crippen LogP contribution in [0.4, 0.5) is 10.1 Å². The Morgan fingerprint density at radius 3 is 2.68 bits per heavy atom. The lowest BCUT2D eigenvalue weighted by atomic mass is 9.71. The average Bonchev–Trinajstić information content (AvgIpc) is 2.30. The minimum atomic E-state index is -0.393. The van der Waals surface area contributed by atoms with E-state index in [9.17, 15) is 9.50 Å². The van der Waals surface area contributed by atoms with Gasteiger partial charge in [-0.3, -0.25) is 0 Å². The van der Waals surface area contributed by atoms with Crippen LogP contribution in [0, 0.1) is 18.2 Å². The molecule has 1 aromatic carbocycles. The van der Waals surface area contributed by atoms with E-state index in [4.69, 9.17) is 0 Å². The van der Waals surface area contributed by atoms with Gasteiger partial charge in [-0.25, -0.2) is 4.39 Å². The number of aliphatic hydroxyl groups is 1. The van der Waals surface area contributed by atoms with E-state index in [1.54, 1.807) is 0 Å². The molecule has 106 valence electrons. The molecule has 1 fully saturated rings. The molecule has 0 saturated carbocycles. The first kappa shape index (κ1) is 14.7. The van der Waals surface area contributed by atoms with Gasteiger partial charge in [-0.15, -0.1) is 0 Å². The summed E-state index contributed by atoms with van der Waals surface area (Å²) in [5.41, 5.74) is 1.22. The average molecular weight is 283 g/mol. The predicted molar refractivity (Wildman–Crippen MR) is 80.3 cm³/mol. The fraction of sp³-hybridized carbons (Fsp3) is 0.600. The highest BCUT2D eigenvalue weighted by molar-refractivity contribution is 7.99. The largest absolute Gasteiger partial charge is 0.394 e. The molecule has 1 aromatic rings. The monoisotopic (exact) mass is 283 g/mol. The number of aryl methyl sites for hydroxylation is 1. The van der Waals surface area contributed by atoms with Crippen LogP contribution in [-0.2, 0) is 0 Å². The Balaban J connectivity index is 2.31. The zero-order valence-corrected chi connectivity index (χ0v) is 12.6. The molecule has 0 aromatic heterocycles. The van der Waals surface area contributed by atoms with E-state index < -0.39 is 5.54 Å². The van der Waals surface area contributed by atoms with Crippen molar-refractivity contribution in [3.05, 3.63) is 29.6 Å². The molecule has 2 nitrogen and oxygen atoms in total. The summed E-state index contributed by atoms with van der Waals surface area (Å²) >= 11 is 1.84. The van der Waals surface area contributed by atoms with Gasteiger partial charge in [0, 0.05) is 11.4 Å². The number of hydrogen-bond donors (Lipinski definition) is 2. The molecule has 1 saturated heterocycles. The highest BCUT2D eigenvalue weighted by atomic mass is 32.2. The third-order valence-corrected chi connectivity index (χ3v) is 5.40. The van der Waals surface area contributed by atoms with E-state index >= 15 is 0 Å². The van der Waals surface area contributed by atoms with Crippen LogP contribution < -0.4 is 5.32 Å². The van der Waals surface area contributed by atoms with Crippen molar-refractivity contribution in [3.63, 3.8) is 0 Å². The van der Waals surface area contributed by atoms with Gasteiger partial charge in [-0.05, 0) is 48.3 Å². The lowest BCUT2D eigenvalue weighted by molar-refractivity contribution is 0.110. The maximum atomic E-state index is 13.5. The number of hydrogen-bond acceptors (Lipinski definition) is 3. The lowest BCUT2D eigenvalue weighted by Gasteiger charge is -2.50. The fourth-order valence-corrected chi connectivity index (χ4v) is 4.30. The van der Waals surface area contributed by atoms with Crippen molar-refractivity contribution in [1.29, 1.82) is 0 Å². The highest BCUT2D eigenvalue weighted by Gasteiger charge is 2.46. The molecule has 1 unspecified atom stereocenters. The van der Waals surface area contributed by atoms with Crippen molar-refractivity contribution >= 4 is 17.4 Å². The molecule has 19 heavy (non-hydrogen) atoms. The third-order valence-electron chi connectivity index (χ3n) is 4.21. The molecule has 0 aliphatic carbocycles. The van der Waals surface area contributed by atoms with Crippen molar-refractivity contribution in [2.24, 2.45) is 5.41 Å². The normalized spacial score (nSPS) is 26.2. The van der Waals surface area contributed by atoms with Gasteiger partial charge in [-0.1, -0.05) is 13.8 Å². The third kappa shape index (κ3) is 2.90. The number of halogens is 1. The van der Waals surface area contributed by atoms with E-state index in [0.717, 1.165) is 29.2 Å². The number of anilines is 1. The topological polar surface area (TPSA) is 32.3 Å². The number of aliphatic hydroxyl groups excluding tert-OH is 1. The zero-order valence-electron chi connectivity index (χ0n) is 11.8. The number of rotatable bonds is 3. The van der Waals surface area contributed by atoms with Crippen molar-refractivity contribution in [2.45, 2.75) is 32.7 Å². The number of nitrogens with one attached hydrogen (secondary N) is 1. The molecule has 1 heterocycles. The fourth-order valence-electron chi connectivity index (χ4n) is 2.60. The van der Waals surface area contributed by atoms with Crippen molar-refractivity contribution in [1.82, 2.24) is 0 Å². The summed E-state index contributed by atoms with van der Waals surface area (Å²) in [5.74, 6) is 1.71. The Bertz CT molecular complexity index is 443. The van der Waals surface area contributed by atoms with E-state index in [2.05, 4.69) is 19.2 Å². The molecule has 0 spiro atoms. The van der Waals surface area contributed by atoms with Crippen molar-refractivity contribution < 1.29 is 9.50 Å². The smallest absolute Gasteiger partial charge is 0.125 e. The molecule has 2 rings (SSSR count). The van der Waals surface area contributed by atoms with Crippen LogP contribution in [0.1, 0.15) is 25.8 Å². The molecule has 0 amide bonds. The Hall–Kier alpha value is -0.740. The van der Waals surface area contributed by atoms with Gasteiger partial charge in [0.05, 0.1) is 12.1 Å². The van der Waals surface area contributed by atoms with E-state index in [0.29, 0.717) is 0 Å². The van der Waals surface area contributed by atoms with Crippen LogP contribution in [0.5, 0.6) is 0 Å². The summed E-state index contributed by atoms with van der Waals surface area (Å²) < 4.78 is 13.5.